The summed E-state index contributed by atoms with van der Waals surface area (Å²) in [7, 11) is 1.73. The number of halogens is 1. The zero-order valence-electron chi connectivity index (χ0n) is 13.2. The summed E-state index contributed by atoms with van der Waals surface area (Å²) in [4.78, 5) is 9.43. The van der Waals surface area contributed by atoms with Crippen molar-refractivity contribution in [2.24, 2.45) is 5.92 Å². The first-order chi connectivity index (χ1) is 9.54. The fourth-order valence-corrected chi connectivity index (χ4v) is 2.78. The standard InChI is InChI=1S/C15H26IN3O/c1-6-8-11-12(16)14(17-9-7-2)19-15(18-11)13(20-5)10(3)4/h10,13H,6-9H2,1-5H3,(H,17,18,19). The van der Waals surface area contributed by atoms with Crippen LogP contribution in [0.2, 0.25) is 0 Å². The van der Waals surface area contributed by atoms with E-state index in [1.54, 1.807) is 7.11 Å². The molecule has 0 spiro atoms. The molecular weight excluding hydrogens is 365 g/mol. The minimum Gasteiger partial charge on any atom is -0.373 e. The van der Waals surface area contributed by atoms with Gasteiger partial charge in [-0.1, -0.05) is 34.1 Å². The number of nitrogens with zero attached hydrogens (tertiary/aromatic N) is 2. The van der Waals surface area contributed by atoms with Gasteiger partial charge in [0.05, 0.1) is 9.26 Å². The minimum absolute atomic E-state index is 0.0511. The maximum atomic E-state index is 5.58. The Morgan fingerprint density at radius 1 is 1.20 bits per heavy atom. The predicted molar refractivity (Wildman–Crippen MR) is 92.1 cm³/mol. The van der Waals surface area contributed by atoms with E-state index in [9.17, 15) is 0 Å². The van der Waals surface area contributed by atoms with E-state index in [1.165, 1.54) is 0 Å². The van der Waals surface area contributed by atoms with Gasteiger partial charge in [0.15, 0.2) is 5.82 Å². The van der Waals surface area contributed by atoms with Crippen molar-refractivity contribution >= 4 is 28.4 Å². The highest BCUT2D eigenvalue weighted by Gasteiger charge is 2.21. The van der Waals surface area contributed by atoms with E-state index in [2.05, 4.69) is 55.6 Å². The lowest BCUT2D eigenvalue weighted by Crippen LogP contribution is -2.17. The SMILES string of the molecule is CCCNc1nc(C(OC)C(C)C)nc(CCC)c1I. The summed E-state index contributed by atoms with van der Waals surface area (Å²) in [6.45, 7) is 9.52. The molecule has 0 aromatic carbocycles. The fraction of sp³-hybridized carbons (Fsp3) is 0.733. The molecule has 1 unspecified atom stereocenters. The smallest absolute Gasteiger partial charge is 0.160 e. The number of hydrogen-bond donors (Lipinski definition) is 1. The lowest BCUT2D eigenvalue weighted by Gasteiger charge is -2.20. The first-order valence-electron chi connectivity index (χ1n) is 7.38. The Bertz CT molecular complexity index is 424. The van der Waals surface area contributed by atoms with Crippen molar-refractivity contribution in [3.8, 4) is 0 Å². The van der Waals surface area contributed by atoms with E-state index in [0.717, 1.165) is 46.7 Å². The van der Waals surface area contributed by atoms with Crippen LogP contribution in [0.15, 0.2) is 0 Å². The zero-order valence-corrected chi connectivity index (χ0v) is 15.3. The van der Waals surface area contributed by atoms with Gasteiger partial charge in [-0.3, -0.25) is 0 Å². The van der Waals surface area contributed by atoms with Gasteiger partial charge >= 0.3 is 0 Å². The second kappa shape index (κ2) is 8.77. The Labute approximate surface area is 136 Å². The maximum Gasteiger partial charge on any atom is 0.160 e. The largest absolute Gasteiger partial charge is 0.373 e. The Hall–Kier alpha value is -0.430. The molecule has 0 aliphatic rings. The quantitative estimate of drug-likeness (QED) is 0.675. The second-order valence-electron chi connectivity index (χ2n) is 5.27. The second-order valence-corrected chi connectivity index (χ2v) is 6.35. The fourth-order valence-electron chi connectivity index (χ4n) is 2.08. The molecular formula is C15H26IN3O. The molecule has 1 rings (SSSR count). The number of rotatable bonds is 8. The van der Waals surface area contributed by atoms with Crippen LogP contribution in [0, 0.1) is 9.49 Å². The molecule has 0 aliphatic heterocycles. The summed E-state index contributed by atoms with van der Waals surface area (Å²) in [6.07, 6.45) is 3.09. The number of aryl methyl sites for hydroxylation is 1. The Morgan fingerprint density at radius 2 is 1.90 bits per heavy atom. The molecule has 0 saturated heterocycles. The highest BCUT2D eigenvalue weighted by Crippen LogP contribution is 2.27. The summed E-state index contributed by atoms with van der Waals surface area (Å²) in [5, 5.41) is 3.41. The first kappa shape index (κ1) is 17.6. The number of hydrogen-bond acceptors (Lipinski definition) is 4. The molecule has 1 heterocycles. The maximum absolute atomic E-state index is 5.58. The van der Waals surface area contributed by atoms with Gasteiger partial charge in [-0.2, -0.15) is 0 Å². The van der Waals surface area contributed by atoms with E-state index in [0.29, 0.717) is 5.92 Å². The molecule has 1 aromatic heterocycles. The summed E-state index contributed by atoms with van der Waals surface area (Å²) in [5.41, 5.74) is 1.12. The lowest BCUT2D eigenvalue weighted by molar-refractivity contribution is 0.0573. The van der Waals surface area contributed by atoms with Crippen molar-refractivity contribution < 1.29 is 4.74 Å². The molecule has 1 aromatic rings. The van der Waals surface area contributed by atoms with Crippen molar-refractivity contribution in [2.45, 2.75) is 53.1 Å². The summed E-state index contributed by atoms with van der Waals surface area (Å²) in [6, 6.07) is 0. The van der Waals surface area contributed by atoms with Crippen LogP contribution in [0.25, 0.3) is 0 Å². The van der Waals surface area contributed by atoms with Gasteiger partial charge < -0.3 is 10.1 Å². The number of ether oxygens (including phenoxy) is 1. The van der Waals surface area contributed by atoms with Gasteiger partial charge in [-0.05, 0) is 41.4 Å². The van der Waals surface area contributed by atoms with Crippen LogP contribution in [-0.2, 0) is 11.2 Å². The Morgan fingerprint density at radius 3 is 2.40 bits per heavy atom. The lowest BCUT2D eigenvalue weighted by atomic mass is 10.1. The molecule has 0 radical (unpaired) electrons. The van der Waals surface area contributed by atoms with Crippen LogP contribution < -0.4 is 5.32 Å². The van der Waals surface area contributed by atoms with Crippen LogP contribution in [-0.4, -0.2) is 23.6 Å². The van der Waals surface area contributed by atoms with Crippen molar-refractivity contribution in [3.63, 3.8) is 0 Å². The van der Waals surface area contributed by atoms with Crippen molar-refractivity contribution in [3.05, 3.63) is 15.1 Å². The number of anilines is 1. The van der Waals surface area contributed by atoms with Crippen molar-refractivity contribution in [2.75, 3.05) is 19.0 Å². The number of nitrogens with one attached hydrogen (secondary N) is 1. The summed E-state index contributed by atoms with van der Waals surface area (Å²) < 4.78 is 6.71. The average molecular weight is 391 g/mol. The van der Waals surface area contributed by atoms with Crippen molar-refractivity contribution in [1.82, 2.24) is 9.97 Å². The highest BCUT2D eigenvalue weighted by molar-refractivity contribution is 14.1. The average Bonchev–Trinajstić information content (AvgIpc) is 2.41. The molecule has 1 atom stereocenters. The molecule has 4 nitrogen and oxygen atoms in total. The minimum atomic E-state index is -0.0511. The van der Waals surface area contributed by atoms with E-state index < -0.39 is 0 Å². The third kappa shape index (κ3) is 4.55. The van der Waals surface area contributed by atoms with E-state index in [-0.39, 0.29) is 6.10 Å². The first-order valence-corrected chi connectivity index (χ1v) is 8.45. The Balaban J connectivity index is 3.19. The van der Waals surface area contributed by atoms with Gasteiger partial charge in [0.25, 0.3) is 0 Å². The van der Waals surface area contributed by atoms with Gasteiger partial charge in [-0.25, -0.2) is 9.97 Å². The number of aromatic nitrogens is 2. The van der Waals surface area contributed by atoms with Crippen LogP contribution in [0.3, 0.4) is 0 Å². The normalized spacial score (nSPS) is 12.8. The van der Waals surface area contributed by atoms with E-state index >= 15 is 0 Å². The summed E-state index contributed by atoms with van der Waals surface area (Å²) >= 11 is 2.35. The third-order valence-electron chi connectivity index (χ3n) is 3.08. The third-order valence-corrected chi connectivity index (χ3v) is 4.21. The summed E-state index contributed by atoms with van der Waals surface area (Å²) in [5.74, 6) is 2.10. The van der Waals surface area contributed by atoms with Gasteiger partial charge in [-0.15, -0.1) is 0 Å². The van der Waals surface area contributed by atoms with Gasteiger partial charge in [0, 0.05) is 13.7 Å². The molecule has 0 bridgehead atoms. The van der Waals surface area contributed by atoms with Gasteiger partial charge in [0.2, 0.25) is 0 Å². The monoisotopic (exact) mass is 391 g/mol. The van der Waals surface area contributed by atoms with Crippen molar-refractivity contribution in [1.29, 1.82) is 0 Å². The van der Waals surface area contributed by atoms with E-state index in [4.69, 9.17) is 14.7 Å². The molecule has 1 N–H and O–H groups in total. The van der Waals surface area contributed by atoms with Crippen LogP contribution in [0.5, 0.6) is 0 Å². The topological polar surface area (TPSA) is 47.0 Å². The molecule has 0 saturated carbocycles. The van der Waals surface area contributed by atoms with Crippen LogP contribution in [0.4, 0.5) is 5.82 Å². The molecule has 0 amide bonds. The van der Waals surface area contributed by atoms with Crippen LogP contribution >= 0.6 is 22.6 Å². The molecule has 0 fully saturated rings. The highest BCUT2D eigenvalue weighted by atomic mass is 127. The van der Waals surface area contributed by atoms with Crippen LogP contribution in [0.1, 0.15) is 58.2 Å². The van der Waals surface area contributed by atoms with E-state index in [1.807, 2.05) is 0 Å². The Kier molecular flexibility index (Phi) is 7.72. The predicted octanol–water partition coefficient (Wildman–Crippen LogP) is 4.20. The molecule has 0 aliphatic carbocycles. The van der Waals surface area contributed by atoms with Gasteiger partial charge in [0.1, 0.15) is 11.9 Å². The molecule has 5 heteroatoms. The number of methoxy groups -OCH3 is 1. The molecule has 114 valence electrons. The molecule has 20 heavy (non-hydrogen) atoms. The zero-order chi connectivity index (χ0) is 15.1.